The molecule has 1 heterocycles. The highest BCUT2D eigenvalue weighted by atomic mass is 16.5. The molecule has 14 heavy (non-hydrogen) atoms. The van der Waals surface area contributed by atoms with Gasteiger partial charge in [-0.2, -0.15) is 0 Å². The maximum Gasteiger partial charge on any atom is 0.341 e. The van der Waals surface area contributed by atoms with Crippen LogP contribution in [0.2, 0.25) is 0 Å². The Labute approximate surface area is 80.9 Å². The van der Waals surface area contributed by atoms with E-state index in [0.29, 0.717) is 11.3 Å². The van der Waals surface area contributed by atoms with Crippen molar-refractivity contribution in [3.63, 3.8) is 0 Å². The summed E-state index contributed by atoms with van der Waals surface area (Å²) in [6, 6.07) is 6.77. The van der Waals surface area contributed by atoms with Crippen molar-refractivity contribution in [2.45, 2.75) is 13.0 Å². The van der Waals surface area contributed by atoms with Crippen LogP contribution in [0, 0.1) is 0 Å². The predicted octanol–water partition coefficient (Wildman–Crippen LogP) is 1.18. The molecule has 0 radical (unpaired) electrons. The molecule has 2 rings (SSSR count). The number of rotatable bonds is 0. The van der Waals surface area contributed by atoms with Crippen molar-refractivity contribution in [2.75, 3.05) is 5.32 Å². The van der Waals surface area contributed by atoms with E-state index in [4.69, 9.17) is 4.74 Å². The van der Waals surface area contributed by atoms with Gasteiger partial charge in [-0.1, -0.05) is 12.1 Å². The van der Waals surface area contributed by atoms with Crippen LogP contribution in [-0.4, -0.2) is 18.0 Å². The van der Waals surface area contributed by atoms with Crippen LogP contribution in [0.25, 0.3) is 0 Å². The van der Waals surface area contributed by atoms with E-state index in [9.17, 15) is 9.59 Å². The van der Waals surface area contributed by atoms with Crippen molar-refractivity contribution in [3.8, 4) is 0 Å². The molecule has 1 aliphatic rings. The Balaban J connectivity index is 2.48. The standard InChI is InChI=1S/C10H9NO3/c1-6-9(12)11-8-5-3-2-4-7(8)10(13)14-6/h2-6H,1H3,(H,11,12)/t6-/m0/s1. The molecule has 0 spiro atoms. The molecule has 0 saturated heterocycles. The molecule has 0 aliphatic carbocycles. The normalized spacial score (nSPS) is 20.5. The Morgan fingerprint density at radius 1 is 1.29 bits per heavy atom. The molecule has 0 unspecified atom stereocenters. The number of hydrogen-bond acceptors (Lipinski definition) is 3. The Bertz CT molecular complexity index is 400. The number of anilines is 1. The van der Waals surface area contributed by atoms with Crippen molar-refractivity contribution < 1.29 is 14.3 Å². The number of nitrogens with one attached hydrogen (secondary N) is 1. The molecule has 1 N–H and O–H groups in total. The molecule has 1 aliphatic heterocycles. The number of carbonyl (C=O) groups is 2. The zero-order chi connectivity index (χ0) is 10.1. The summed E-state index contributed by atoms with van der Waals surface area (Å²) >= 11 is 0. The third-order valence-electron chi connectivity index (χ3n) is 2.06. The summed E-state index contributed by atoms with van der Waals surface area (Å²) in [5.41, 5.74) is 0.900. The first-order valence-electron chi connectivity index (χ1n) is 4.29. The molecule has 1 aromatic rings. The molecule has 72 valence electrons. The second kappa shape index (κ2) is 3.14. The van der Waals surface area contributed by atoms with Crippen LogP contribution in [0.1, 0.15) is 17.3 Å². The van der Waals surface area contributed by atoms with Gasteiger partial charge in [-0.05, 0) is 19.1 Å². The molecular formula is C10H9NO3. The SMILES string of the molecule is C[C@@H]1OC(=O)c2ccccc2NC1=O. The van der Waals surface area contributed by atoms with Gasteiger partial charge >= 0.3 is 5.97 Å². The van der Waals surface area contributed by atoms with Crippen LogP contribution in [-0.2, 0) is 9.53 Å². The number of esters is 1. The van der Waals surface area contributed by atoms with Crippen LogP contribution in [0.15, 0.2) is 24.3 Å². The summed E-state index contributed by atoms with van der Waals surface area (Å²) in [7, 11) is 0. The van der Waals surface area contributed by atoms with Crippen molar-refractivity contribution in [1.29, 1.82) is 0 Å². The minimum Gasteiger partial charge on any atom is -0.449 e. The van der Waals surface area contributed by atoms with E-state index < -0.39 is 12.1 Å². The van der Waals surface area contributed by atoms with E-state index >= 15 is 0 Å². The maximum atomic E-state index is 11.4. The fraction of sp³-hybridized carbons (Fsp3) is 0.200. The van der Waals surface area contributed by atoms with Gasteiger partial charge in [0.15, 0.2) is 6.10 Å². The zero-order valence-corrected chi connectivity index (χ0v) is 7.61. The first kappa shape index (κ1) is 8.74. The number of carbonyl (C=O) groups excluding carboxylic acids is 2. The quantitative estimate of drug-likeness (QED) is 0.626. The molecule has 4 nitrogen and oxygen atoms in total. The zero-order valence-electron chi connectivity index (χ0n) is 7.61. The third kappa shape index (κ3) is 1.35. The predicted molar refractivity (Wildman–Crippen MR) is 49.9 cm³/mol. The van der Waals surface area contributed by atoms with E-state index in [-0.39, 0.29) is 5.91 Å². The van der Waals surface area contributed by atoms with Crippen molar-refractivity contribution in [3.05, 3.63) is 29.8 Å². The summed E-state index contributed by atoms with van der Waals surface area (Å²) in [4.78, 5) is 22.8. The first-order valence-corrected chi connectivity index (χ1v) is 4.29. The number of amides is 1. The number of hydrogen-bond donors (Lipinski definition) is 1. The highest BCUT2D eigenvalue weighted by Crippen LogP contribution is 2.20. The molecule has 0 fully saturated rings. The van der Waals surface area contributed by atoms with E-state index in [1.165, 1.54) is 0 Å². The van der Waals surface area contributed by atoms with Crippen LogP contribution < -0.4 is 5.32 Å². The van der Waals surface area contributed by atoms with Gasteiger partial charge < -0.3 is 10.1 Å². The Morgan fingerprint density at radius 3 is 2.79 bits per heavy atom. The van der Waals surface area contributed by atoms with Crippen LogP contribution >= 0.6 is 0 Å². The lowest BCUT2D eigenvalue weighted by Gasteiger charge is -2.06. The van der Waals surface area contributed by atoms with Crippen molar-refractivity contribution >= 4 is 17.6 Å². The maximum absolute atomic E-state index is 11.4. The van der Waals surface area contributed by atoms with Crippen molar-refractivity contribution in [1.82, 2.24) is 0 Å². The average molecular weight is 191 g/mol. The van der Waals surface area contributed by atoms with Crippen molar-refractivity contribution in [2.24, 2.45) is 0 Å². The summed E-state index contributed by atoms with van der Waals surface area (Å²) < 4.78 is 4.90. The van der Waals surface area contributed by atoms with Crippen LogP contribution in [0.4, 0.5) is 5.69 Å². The first-order chi connectivity index (χ1) is 6.68. The van der Waals surface area contributed by atoms with Crippen LogP contribution in [0.5, 0.6) is 0 Å². The summed E-state index contributed by atoms with van der Waals surface area (Å²) in [6.45, 7) is 1.54. The summed E-state index contributed by atoms with van der Waals surface area (Å²) in [5, 5.41) is 2.62. The number of ether oxygens (including phenoxy) is 1. The lowest BCUT2D eigenvalue weighted by Crippen LogP contribution is -2.26. The highest BCUT2D eigenvalue weighted by molar-refractivity contribution is 6.06. The number of para-hydroxylation sites is 1. The highest BCUT2D eigenvalue weighted by Gasteiger charge is 2.25. The van der Waals surface area contributed by atoms with E-state index in [1.54, 1.807) is 31.2 Å². The minimum absolute atomic E-state index is 0.302. The van der Waals surface area contributed by atoms with E-state index in [1.807, 2.05) is 0 Å². The molecule has 0 saturated carbocycles. The molecule has 0 bridgehead atoms. The van der Waals surface area contributed by atoms with Gasteiger partial charge in [0, 0.05) is 0 Å². The minimum atomic E-state index is -0.741. The second-order valence-corrected chi connectivity index (χ2v) is 3.08. The van der Waals surface area contributed by atoms with Gasteiger partial charge in [-0.3, -0.25) is 4.79 Å². The number of fused-ring (bicyclic) bond motifs is 1. The summed E-state index contributed by atoms with van der Waals surface area (Å²) in [6.07, 6.45) is -0.741. The van der Waals surface area contributed by atoms with E-state index in [0.717, 1.165) is 0 Å². The van der Waals surface area contributed by atoms with Gasteiger partial charge in [-0.25, -0.2) is 4.79 Å². The van der Waals surface area contributed by atoms with Gasteiger partial charge in [0.25, 0.3) is 5.91 Å². The lowest BCUT2D eigenvalue weighted by molar-refractivity contribution is -0.123. The van der Waals surface area contributed by atoms with Crippen LogP contribution in [0.3, 0.4) is 0 Å². The largest absolute Gasteiger partial charge is 0.449 e. The Hall–Kier alpha value is -1.84. The third-order valence-corrected chi connectivity index (χ3v) is 2.06. The number of benzene rings is 1. The fourth-order valence-electron chi connectivity index (χ4n) is 1.28. The van der Waals surface area contributed by atoms with Gasteiger partial charge in [-0.15, -0.1) is 0 Å². The smallest absolute Gasteiger partial charge is 0.341 e. The number of cyclic esters (lactones) is 1. The molecular weight excluding hydrogens is 182 g/mol. The fourth-order valence-corrected chi connectivity index (χ4v) is 1.28. The Kier molecular flexibility index (Phi) is 1.96. The average Bonchev–Trinajstić information content (AvgIpc) is 2.27. The molecule has 1 aromatic carbocycles. The molecule has 0 aromatic heterocycles. The molecule has 1 atom stereocenters. The van der Waals surface area contributed by atoms with Gasteiger partial charge in [0.05, 0.1) is 11.3 Å². The summed E-state index contributed by atoms with van der Waals surface area (Å²) in [5.74, 6) is -0.769. The monoisotopic (exact) mass is 191 g/mol. The van der Waals surface area contributed by atoms with Gasteiger partial charge in [0.1, 0.15) is 0 Å². The second-order valence-electron chi connectivity index (χ2n) is 3.08. The van der Waals surface area contributed by atoms with E-state index in [2.05, 4.69) is 5.32 Å². The topological polar surface area (TPSA) is 55.4 Å². The van der Waals surface area contributed by atoms with Gasteiger partial charge in [0.2, 0.25) is 0 Å². The lowest BCUT2D eigenvalue weighted by atomic mass is 10.2. The molecule has 1 amide bonds. The Morgan fingerprint density at radius 2 is 2.00 bits per heavy atom. The molecule has 4 heteroatoms.